The predicted molar refractivity (Wildman–Crippen MR) is 103 cm³/mol. The number of carbonyl (C=O) groups is 3. The molecule has 11 heteroatoms. The first kappa shape index (κ1) is 26.2. The van der Waals surface area contributed by atoms with Crippen LogP contribution in [0.1, 0.15) is 19.3 Å². The summed E-state index contributed by atoms with van der Waals surface area (Å²) in [7, 11) is 6.71. The van der Waals surface area contributed by atoms with Crippen molar-refractivity contribution in [2.24, 2.45) is 5.73 Å². The van der Waals surface area contributed by atoms with E-state index in [2.05, 4.69) is 16.2 Å². The zero-order valence-corrected chi connectivity index (χ0v) is 17.3. The normalized spacial score (nSPS) is 13.0. The molecule has 0 radical (unpaired) electrons. The van der Waals surface area contributed by atoms with E-state index in [1.54, 1.807) is 28.2 Å². The number of nitrogens with zero attached hydrogens (tertiary/aromatic N) is 1. The van der Waals surface area contributed by atoms with Gasteiger partial charge in [0.1, 0.15) is 0 Å². The number of hydrogen-bond acceptors (Lipinski definition) is 8. The van der Waals surface area contributed by atoms with E-state index in [-0.39, 0.29) is 70.7 Å². The van der Waals surface area contributed by atoms with Crippen molar-refractivity contribution < 1.29 is 28.6 Å². The zero-order chi connectivity index (χ0) is 21.4. The highest BCUT2D eigenvalue weighted by molar-refractivity contribution is 5.75. The van der Waals surface area contributed by atoms with Crippen LogP contribution >= 0.6 is 0 Å². The largest absolute Gasteiger partial charge is 0.379 e. The first-order chi connectivity index (χ1) is 13.3. The van der Waals surface area contributed by atoms with E-state index in [0.29, 0.717) is 0 Å². The standard InChI is InChI=1S/C17H35N5O6/c1-19-17(11-26-8-5-14(18)23,12-27-9-6-15(24)21-20-2)13-28-10-7-16(25)22(3)4/h19-20H,5-13H2,1-4H3,(H2,18,23)(H,21,24). The molecule has 1 unspecified atom stereocenters. The molecule has 1 atom stereocenters. The van der Waals surface area contributed by atoms with Crippen LogP contribution in [0.5, 0.6) is 0 Å². The Morgan fingerprint density at radius 3 is 1.82 bits per heavy atom. The Hall–Kier alpha value is -1.79. The van der Waals surface area contributed by atoms with Crippen molar-refractivity contribution in [3.63, 3.8) is 0 Å². The molecule has 0 heterocycles. The molecule has 28 heavy (non-hydrogen) atoms. The Labute approximate surface area is 166 Å². The van der Waals surface area contributed by atoms with E-state index < -0.39 is 11.4 Å². The molecule has 0 aliphatic carbocycles. The van der Waals surface area contributed by atoms with E-state index in [0.717, 1.165) is 0 Å². The van der Waals surface area contributed by atoms with Crippen LogP contribution in [0.3, 0.4) is 0 Å². The van der Waals surface area contributed by atoms with Gasteiger partial charge in [0.2, 0.25) is 17.7 Å². The number of primary amides is 1. The lowest BCUT2D eigenvalue weighted by Crippen LogP contribution is -2.55. The second-order valence-corrected chi connectivity index (χ2v) is 6.49. The maximum absolute atomic E-state index is 11.6. The number of carbonyl (C=O) groups excluding carboxylic acids is 3. The average Bonchev–Trinajstić information content (AvgIpc) is 2.64. The SMILES string of the molecule is CNNC(=O)CCOCC(COCCC(N)=O)(COCCC(=O)N(C)C)NC. The van der Waals surface area contributed by atoms with Crippen LogP contribution in [0, 0.1) is 0 Å². The van der Waals surface area contributed by atoms with Gasteiger partial charge in [-0.2, -0.15) is 0 Å². The summed E-state index contributed by atoms with van der Waals surface area (Å²) in [6, 6.07) is 0. The predicted octanol–water partition coefficient (Wildman–Crippen LogP) is -2.01. The van der Waals surface area contributed by atoms with Crippen molar-refractivity contribution in [1.82, 2.24) is 21.1 Å². The summed E-state index contributed by atoms with van der Waals surface area (Å²) in [5.74, 6) is -0.659. The molecule has 0 aromatic rings. The molecular weight excluding hydrogens is 370 g/mol. The molecule has 0 aliphatic heterocycles. The lowest BCUT2D eigenvalue weighted by Gasteiger charge is -2.33. The Balaban J connectivity index is 4.56. The summed E-state index contributed by atoms with van der Waals surface area (Å²) in [4.78, 5) is 35.4. The minimum Gasteiger partial charge on any atom is -0.379 e. The summed E-state index contributed by atoms with van der Waals surface area (Å²) >= 11 is 0. The van der Waals surface area contributed by atoms with Crippen LogP contribution in [-0.2, 0) is 28.6 Å². The van der Waals surface area contributed by atoms with Crippen LogP contribution in [-0.4, -0.2) is 96.0 Å². The third kappa shape index (κ3) is 12.6. The number of hydrogen-bond donors (Lipinski definition) is 4. The van der Waals surface area contributed by atoms with Crippen molar-refractivity contribution in [3.05, 3.63) is 0 Å². The van der Waals surface area contributed by atoms with Crippen LogP contribution in [0.2, 0.25) is 0 Å². The number of ether oxygens (including phenoxy) is 3. The fourth-order valence-corrected chi connectivity index (χ4v) is 2.07. The summed E-state index contributed by atoms with van der Waals surface area (Å²) in [6.45, 7) is 1.31. The summed E-state index contributed by atoms with van der Waals surface area (Å²) < 4.78 is 16.8. The Morgan fingerprint density at radius 2 is 1.39 bits per heavy atom. The van der Waals surface area contributed by atoms with Crippen molar-refractivity contribution in [2.45, 2.75) is 24.8 Å². The van der Waals surface area contributed by atoms with Gasteiger partial charge >= 0.3 is 0 Å². The third-order valence-corrected chi connectivity index (χ3v) is 3.86. The van der Waals surface area contributed by atoms with Gasteiger partial charge in [0, 0.05) is 27.6 Å². The zero-order valence-electron chi connectivity index (χ0n) is 17.3. The lowest BCUT2D eigenvalue weighted by molar-refractivity contribution is -0.130. The first-order valence-electron chi connectivity index (χ1n) is 9.12. The van der Waals surface area contributed by atoms with E-state index in [1.165, 1.54) is 4.90 Å². The third-order valence-electron chi connectivity index (χ3n) is 3.86. The van der Waals surface area contributed by atoms with Gasteiger partial charge in [-0.15, -0.1) is 0 Å². The lowest BCUT2D eigenvalue weighted by atomic mass is 10.0. The second-order valence-electron chi connectivity index (χ2n) is 6.49. The molecule has 11 nitrogen and oxygen atoms in total. The van der Waals surface area contributed by atoms with Gasteiger partial charge in [-0.3, -0.25) is 19.8 Å². The van der Waals surface area contributed by atoms with Gasteiger partial charge < -0.3 is 30.2 Å². The van der Waals surface area contributed by atoms with Gasteiger partial charge in [0.25, 0.3) is 0 Å². The highest BCUT2D eigenvalue weighted by Gasteiger charge is 2.30. The Morgan fingerprint density at radius 1 is 0.893 bits per heavy atom. The number of likely N-dealkylation sites (N-methyl/N-ethyl adjacent to an activating group) is 1. The number of amides is 3. The van der Waals surface area contributed by atoms with E-state index in [4.69, 9.17) is 19.9 Å². The summed E-state index contributed by atoms with van der Waals surface area (Å²) in [5, 5.41) is 3.13. The van der Waals surface area contributed by atoms with Crippen molar-refractivity contribution >= 4 is 17.7 Å². The fraction of sp³-hybridized carbons (Fsp3) is 0.824. The monoisotopic (exact) mass is 405 g/mol. The molecule has 0 bridgehead atoms. The highest BCUT2D eigenvalue weighted by atomic mass is 16.5. The van der Waals surface area contributed by atoms with Crippen molar-refractivity contribution in [2.75, 3.05) is 67.8 Å². The van der Waals surface area contributed by atoms with Crippen LogP contribution in [0.4, 0.5) is 0 Å². The molecule has 0 saturated carbocycles. The summed E-state index contributed by atoms with van der Waals surface area (Å²) in [6.07, 6.45) is 0.574. The van der Waals surface area contributed by atoms with E-state index in [9.17, 15) is 14.4 Å². The Kier molecular flexibility index (Phi) is 14.2. The van der Waals surface area contributed by atoms with Crippen molar-refractivity contribution in [1.29, 1.82) is 0 Å². The molecule has 3 amide bonds. The van der Waals surface area contributed by atoms with Crippen LogP contribution in [0.25, 0.3) is 0 Å². The molecular formula is C17H35N5O6. The number of hydrazine groups is 1. The molecule has 164 valence electrons. The molecule has 0 spiro atoms. The Bertz CT molecular complexity index is 477. The first-order valence-corrected chi connectivity index (χ1v) is 9.12. The highest BCUT2D eigenvalue weighted by Crippen LogP contribution is 2.09. The number of nitrogens with one attached hydrogen (secondary N) is 3. The molecule has 0 saturated heterocycles. The smallest absolute Gasteiger partial charge is 0.236 e. The van der Waals surface area contributed by atoms with Crippen LogP contribution in [0.15, 0.2) is 0 Å². The van der Waals surface area contributed by atoms with Crippen LogP contribution < -0.4 is 21.9 Å². The summed E-state index contributed by atoms with van der Waals surface area (Å²) in [5.41, 5.74) is 9.43. The van der Waals surface area contributed by atoms with Gasteiger partial charge in [-0.05, 0) is 7.05 Å². The molecule has 0 aromatic heterocycles. The van der Waals surface area contributed by atoms with E-state index in [1.807, 2.05) is 0 Å². The number of rotatable bonds is 17. The quantitative estimate of drug-likeness (QED) is 0.160. The minimum absolute atomic E-state index is 0.0282. The number of nitrogens with two attached hydrogens (primary N) is 1. The average molecular weight is 405 g/mol. The topological polar surface area (TPSA) is 144 Å². The molecule has 0 aromatic carbocycles. The minimum atomic E-state index is -0.696. The second kappa shape index (κ2) is 15.2. The maximum atomic E-state index is 11.6. The molecule has 5 N–H and O–H groups in total. The van der Waals surface area contributed by atoms with E-state index >= 15 is 0 Å². The molecule has 0 fully saturated rings. The van der Waals surface area contributed by atoms with Crippen molar-refractivity contribution in [3.8, 4) is 0 Å². The van der Waals surface area contributed by atoms with Gasteiger partial charge in [-0.25, -0.2) is 5.43 Å². The fourth-order valence-electron chi connectivity index (χ4n) is 2.07. The maximum Gasteiger partial charge on any atom is 0.236 e. The van der Waals surface area contributed by atoms with Gasteiger partial charge in [-0.1, -0.05) is 0 Å². The van der Waals surface area contributed by atoms with Gasteiger partial charge in [0.15, 0.2) is 0 Å². The molecule has 0 aliphatic rings. The van der Waals surface area contributed by atoms with Gasteiger partial charge in [0.05, 0.1) is 58.0 Å². The molecule has 0 rings (SSSR count).